The molecule has 3 aromatic heterocycles. The molecule has 0 radical (unpaired) electrons. The predicted octanol–water partition coefficient (Wildman–Crippen LogP) is 4.94. The van der Waals surface area contributed by atoms with E-state index in [1.54, 1.807) is 61.8 Å². The molecule has 0 unspecified atom stereocenters. The lowest BCUT2D eigenvalue weighted by molar-refractivity contribution is 0.0528. The Morgan fingerprint density at radius 3 is 2.56 bits per heavy atom. The van der Waals surface area contributed by atoms with Crippen molar-refractivity contribution in [3.63, 3.8) is 0 Å². The highest BCUT2D eigenvalue weighted by molar-refractivity contribution is 6.29. The largest absolute Gasteiger partial charge is 0.444 e. The number of aryl methyl sites for hydroxylation is 1. The van der Waals surface area contributed by atoms with Gasteiger partial charge in [-0.05, 0) is 63.6 Å². The maximum Gasteiger partial charge on any atom is 0.407 e. The van der Waals surface area contributed by atoms with Gasteiger partial charge in [0.2, 0.25) is 0 Å². The molecular formula is C27H27ClN8O3. The van der Waals surface area contributed by atoms with E-state index < -0.39 is 17.7 Å². The number of nitriles is 1. The lowest BCUT2D eigenvalue weighted by atomic mass is 10.00. The van der Waals surface area contributed by atoms with E-state index in [1.807, 2.05) is 19.1 Å². The van der Waals surface area contributed by atoms with Gasteiger partial charge in [0.05, 0.1) is 17.2 Å². The first-order valence-electron chi connectivity index (χ1n) is 12.1. The quantitative estimate of drug-likeness (QED) is 0.229. The summed E-state index contributed by atoms with van der Waals surface area (Å²) < 4.78 is 6.76. The molecule has 11 nitrogen and oxygen atoms in total. The molecule has 0 spiro atoms. The summed E-state index contributed by atoms with van der Waals surface area (Å²) in [7, 11) is 0. The maximum absolute atomic E-state index is 12.5. The van der Waals surface area contributed by atoms with Gasteiger partial charge in [-0.25, -0.2) is 24.1 Å². The number of anilines is 1. The molecule has 1 aromatic carbocycles. The van der Waals surface area contributed by atoms with Crippen molar-refractivity contribution in [1.29, 1.82) is 5.26 Å². The molecule has 39 heavy (non-hydrogen) atoms. The average Bonchev–Trinajstić information content (AvgIpc) is 3.24. The lowest BCUT2D eigenvalue weighted by Crippen LogP contribution is -2.39. The van der Waals surface area contributed by atoms with E-state index in [2.05, 4.69) is 32.0 Å². The molecule has 0 aliphatic rings. The van der Waals surface area contributed by atoms with Crippen LogP contribution in [0.4, 0.5) is 15.4 Å². The minimum Gasteiger partial charge on any atom is -0.444 e. The first kappa shape index (κ1) is 27.3. The second-order valence-corrected chi connectivity index (χ2v) is 10.0. The Labute approximate surface area is 230 Å². The molecule has 3 amide bonds. The number of nitrogens with zero attached hydrogens (tertiary/aromatic N) is 5. The number of carbonyl (C=O) groups is 2. The number of pyridine rings is 1. The summed E-state index contributed by atoms with van der Waals surface area (Å²) in [5.74, 6) is 0.287. The number of hydrogen-bond acceptors (Lipinski definition) is 7. The van der Waals surface area contributed by atoms with Crippen molar-refractivity contribution in [2.24, 2.45) is 0 Å². The SMILES string of the molecule is Cc1cc(-c2c(-c3cccc(C#N)c3)nn3ccc(NC(=O)NCCNC(=O)OC(C)(C)C)nc23)cc(Cl)n1. The monoisotopic (exact) mass is 546 g/mol. The summed E-state index contributed by atoms with van der Waals surface area (Å²) in [5, 5.41) is 22.4. The summed E-state index contributed by atoms with van der Waals surface area (Å²) in [6, 6.07) is 14.0. The second-order valence-electron chi connectivity index (χ2n) is 9.63. The predicted molar refractivity (Wildman–Crippen MR) is 147 cm³/mol. The van der Waals surface area contributed by atoms with Crippen LogP contribution >= 0.6 is 11.6 Å². The van der Waals surface area contributed by atoms with Gasteiger partial charge in [-0.3, -0.25) is 5.32 Å². The number of amides is 3. The molecule has 12 heteroatoms. The van der Waals surface area contributed by atoms with Gasteiger partial charge in [-0.1, -0.05) is 23.7 Å². The number of hydrogen-bond donors (Lipinski definition) is 3. The Morgan fingerprint density at radius 1 is 1.08 bits per heavy atom. The van der Waals surface area contributed by atoms with Gasteiger partial charge >= 0.3 is 12.1 Å². The number of aromatic nitrogens is 4. The van der Waals surface area contributed by atoms with Crippen molar-refractivity contribution in [1.82, 2.24) is 30.2 Å². The first-order valence-corrected chi connectivity index (χ1v) is 12.5. The minimum absolute atomic E-state index is 0.180. The van der Waals surface area contributed by atoms with Crippen molar-refractivity contribution >= 4 is 35.2 Å². The van der Waals surface area contributed by atoms with Crippen LogP contribution in [0.1, 0.15) is 32.0 Å². The van der Waals surface area contributed by atoms with Crippen LogP contribution in [-0.4, -0.2) is 50.4 Å². The molecule has 3 heterocycles. The summed E-state index contributed by atoms with van der Waals surface area (Å²) in [6.07, 6.45) is 1.12. The van der Waals surface area contributed by atoms with Crippen molar-refractivity contribution in [3.8, 4) is 28.5 Å². The molecule has 4 aromatic rings. The third kappa shape index (κ3) is 7.00. The van der Waals surface area contributed by atoms with Crippen LogP contribution < -0.4 is 16.0 Å². The molecule has 0 bridgehead atoms. The Hall–Kier alpha value is -4.69. The fraction of sp³-hybridized carbons (Fsp3) is 0.259. The van der Waals surface area contributed by atoms with Crippen molar-refractivity contribution in [2.45, 2.75) is 33.3 Å². The van der Waals surface area contributed by atoms with Gasteiger partial charge in [0.15, 0.2) is 5.65 Å². The Morgan fingerprint density at radius 2 is 1.85 bits per heavy atom. The first-order chi connectivity index (χ1) is 18.5. The third-order valence-electron chi connectivity index (χ3n) is 5.28. The number of benzene rings is 1. The molecule has 0 saturated carbocycles. The van der Waals surface area contributed by atoms with Crippen LogP contribution in [0.3, 0.4) is 0 Å². The smallest absolute Gasteiger partial charge is 0.407 e. The summed E-state index contributed by atoms with van der Waals surface area (Å²) in [4.78, 5) is 33.1. The zero-order valence-electron chi connectivity index (χ0n) is 21.9. The van der Waals surface area contributed by atoms with Crippen LogP contribution in [-0.2, 0) is 4.74 Å². The van der Waals surface area contributed by atoms with E-state index in [4.69, 9.17) is 21.4 Å². The molecule has 0 saturated heterocycles. The highest BCUT2D eigenvalue weighted by atomic mass is 35.5. The van der Waals surface area contributed by atoms with E-state index in [0.29, 0.717) is 33.3 Å². The van der Waals surface area contributed by atoms with Gasteiger partial charge in [0.25, 0.3) is 0 Å². The van der Waals surface area contributed by atoms with E-state index >= 15 is 0 Å². The Bertz CT molecular complexity index is 1570. The number of alkyl carbamates (subject to hydrolysis) is 1. The van der Waals surface area contributed by atoms with Gasteiger partial charge in [0, 0.05) is 30.5 Å². The summed E-state index contributed by atoms with van der Waals surface area (Å²) in [5.41, 5.74) is 3.80. The highest BCUT2D eigenvalue weighted by Crippen LogP contribution is 2.36. The van der Waals surface area contributed by atoms with Crippen LogP contribution in [0.25, 0.3) is 28.0 Å². The number of halogens is 1. The molecule has 0 aliphatic heterocycles. The normalized spacial score (nSPS) is 11.1. The van der Waals surface area contributed by atoms with Gasteiger partial charge in [-0.2, -0.15) is 10.4 Å². The van der Waals surface area contributed by atoms with E-state index in [0.717, 1.165) is 11.1 Å². The van der Waals surface area contributed by atoms with Crippen LogP contribution in [0, 0.1) is 18.3 Å². The second kappa shape index (κ2) is 11.4. The van der Waals surface area contributed by atoms with Crippen LogP contribution in [0.2, 0.25) is 5.15 Å². The molecule has 0 aliphatic carbocycles. The average molecular weight is 547 g/mol. The molecule has 4 rings (SSSR count). The van der Waals surface area contributed by atoms with Crippen molar-refractivity contribution in [3.05, 3.63) is 65.1 Å². The number of fused-ring (bicyclic) bond motifs is 1. The highest BCUT2D eigenvalue weighted by Gasteiger charge is 2.20. The van der Waals surface area contributed by atoms with Crippen molar-refractivity contribution < 1.29 is 14.3 Å². The van der Waals surface area contributed by atoms with Gasteiger partial charge in [0.1, 0.15) is 22.3 Å². The maximum atomic E-state index is 12.5. The van der Waals surface area contributed by atoms with Gasteiger partial charge in [-0.15, -0.1) is 0 Å². The molecule has 200 valence electrons. The molecule has 0 fully saturated rings. The molecule has 0 atom stereocenters. The molecular weight excluding hydrogens is 520 g/mol. The zero-order chi connectivity index (χ0) is 28.2. The number of carbonyl (C=O) groups excluding carboxylic acids is 2. The minimum atomic E-state index is -0.607. The summed E-state index contributed by atoms with van der Waals surface area (Å²) in [6.45, 7) is 7.51. The lowest BCUT2D eigenvalue weighted by Gasteiger charge is -2.19. The Balaban J connectivity index is 1.59. The zero-order valence-corrected chi connectivity index (χ0v) is 22.6. The van der Waals surface area contributed by atoms with Crippen LogP contribution in [0.5, 0.6) is 0 Å². The topological polar surface area (TPSA) is 146 Å². The van der Waals surface area contributed by atoms with Crippen LogP contribution in [0.15, 0.2) is 48.7 Å². The van der Waals surface area contributed by atoms with Gasteiger partial charge < -0.3 is 15.4 Å². The van der Waals surface area contributed by atoms with E-state index in [-0.39, 0.29) is 18.9 Å². The fourth-order valence-electron chi connectivity index (χ4n) is 3.79. The number of ether oxygens (including phenoxy) is 1. The van der Waals surface area contributed by atoms with E-state index in [9.17, 15) is 14.9 Å². The Kier molecular flexibility index (Phi) is 7.97. The number of nitrogens with one attached hydrogen (secondary N) is 3. The van der Waals surface area contributed by atoms with E-state index in [1.165, 1.54) is 0 Å². The number of rotatable bonds is 6. The number of urea groups is 1. The standard InChI is InChI=1S/C27H27ClN8O3/c1-16-12-19(14-20(28)32-16)22-23(18-7-5-6-17(13-18)15-29)35-36-11-8-21(33-24(22)36)34-25(37)30-9-10-31-26(38)39-27(2,3)4/h5-8,11-14H,9-10H2,1-4H3,(H,31,38)(H2,30,33,34,37). The summed E-state index contributed by atoms with van der Waals surface area (Å²) >= 11 is 6.27. The van der Waals surface area contributed by atoms with Crippen molar-refractivity contribution in [2.75, 3.05) is 18.4 Å². The third-order valence-corrected chi connectivity index (χ3v) is 5.48. The molecule has 3 N–H and O–H groups in total. The fourth-order valence-corrected chi connectivity index (χ4v) is 4.04.